The molecule has 2 N–H and O–H groups in total. The molecule has 2 rings (SSSR count). The van der Waals surface area contributed by atoms with Crippen molar-refractivity contribution in [1.29, 1.82) is 0 Å². The molecular formula is C15H24N4O. The van der Waals surface area contributed by atoms with Gasteiger partial charge in [-0.1, -0.05) is 0 Å². The largest absolute Gasteiger partial charge is 0.382 e. The van der Waals surface area contributed by atoms with E-state index in [1.807, 2.05) is 12.1 Å². The van der Waals surface area contributed by atoms with E-state index >= 15 is 0 Å². The Morgan fingerprint density at radius 1 is 1.55 bits per heavy atom. The minimum Gasteiger partial charge on any atom is -0.382 e. The standard InChI is InChI=1S/C15H24N4O/c1-11(12-5-4-7-16-10-12)18-13-6-8-17-14(9-13)15(20)19(2)3/h6,8-9,11-12,16H,4-5,7,10H2,1-3H3,(H,17,18). The van der Waals surface area contributed by atoms with Crippen LogP contribution >= 0.6 is 0 Å². The van der Waals surface area contributed by atoms with Gasteiger partial charge in [-0.3, -0.25) is 9.78 Å². The Balaban J connectivity index is 2.01. The Bertz CT molecular complexity index is 455. The van der Waals surface area contributed by atoms with E-state index < -0.39 is 0 Å². The normalized spacial score (nSPS) is 20.2. The number of nitrogens with one attached hydrogen (secondary N) is 2. The Hall–Kier alpha value is -1.62. The van der Waals surface area contributed by atoms with Gasteiger partial charge >= 0.3 is 0 Å². The highest BCUT2D eigenvalue weighted by Gasteiger charge is 2.20. The second-order valence-corrected chi connectivity index (χ2v) is 5.67. The summed E-state index contributed by atoms with van der Waals surface area (Å²) in [7, 11) is 3.47. The zero-order valence-electron chi connectivity index (χ0n) is 12.5. The van der Waals surface area contributed by atoms with Crippen LogP contribution in [0.15, 0.2) is 18.3 Å². The van der Waals surface area contributed by atoms with E-state index in [4.69, 9.17) is 0 Å². The summed E-state index contributed by atoms with van der Waals surface area (Å²) in [6.07, 6.45) is 4.16. The van der Waals surface area contributed by atoms with Gasteiger partial charge in [0, 0.05) is 32.0 Å². The zero-order chi connectivity index (χ0) is 14.5. The fraction of sp³-hybridized carbons (Fsp3) is 0.600. The van der Waals surface area contributed by atoms with Crippen molar-refractivity contribution in [3.63, 3.8) is 0 Å². The lowest BCUT2D eigenvalue weighted by Gasteiger charge is -2.29. The summed E-state index contributed by atoms with van der Waals surface area (Å²) < 4.78 is 0. The van der Waals surface area contributed by atoms with Crippen LogP contribution in [0.2, 0.25) is 0 Å². The van der Waals surface area contributed by atoms with Gasteiger partial charge in [-0.05, 0) is 50.9 Å². The fourth-order valence-electron chi connectivity index (χ4n) is 2.55. The van der Waals surface area contributed by atoms with E-state index in [9.17, 15) is 4.79 Å². The van der Waals surface area contributed by atoms with Gasteiger partial charge in [0.2, 0.25) is 0 Å². The Morgan fingerprint density at radius 2 is 2.35 bits per heavy atom. The molecule has 0 aromatic carbocycles. The van der Waals surface area contributed by atoms with Crippen LogP contribution in [0.5, 0.6) is 0 Å². The summed E-state index contributed by atoms with van der Waals surface area (Å²) in [6, 6.07) is 4.13. The van der Waals surface area contributed by atoms with Gasteiger partial charge in [0.25, 0.3) is 5.91 Å². The average Bonchev–Trinajstić information content (AvgIpc) is 2.47. The summed E-state index contributed by atoms with van der Waals surface area (Å²) in [5, 5.41) is 6.93. The molecule has 2 unspecified atom stereocenters. The van der Waals surface area contributed by atoms with E-state index in [2.05, 4.69) is 22.5 Å². The maximum atomic E-state index is 11.9. The van der Waals surface area contributed by atoms with Gasteiger partial charge in [-0.2, -0.15) is 0 Å². The first kappa shape index (κ1) is 14.8. The summed E-state index contributed by atoms with van der Waals surface area (Å²) in [6.45, 7) is 4.38. The van der Waals surface area contributed by atoms with Crippen LogP contribution < -0.4 is 10.6 Å². The second kappa shape index (κ2) is 6.70. The van der Waals surface area contributed by atoms with E-state index in [0.717, 1.165) is 18.8 Å². The summed E-state index contributed by atoms with van der Waals surface area (Å²) >= 11 is 0. The number of rotatable bonds is 4. The molecule has 0 aliphatic carbocycles. The Morgan fingerprint density at radius 3 is 3.00 bits per heavy atom. The summed E-state index contributed by atoms with van der Waals surface area (Å²) in [4.78, 5) is 17.6. The molecule has 110 valence electrons. The number of anilines is 1. The maximum absolute atomic E-state index is 11.9. The molecule has 2 heterocycles. The van der Waals surface area contributed by atoms with Crippen molar-refractivity contribution in [2.75, 3.05) is 32.5 Å². The number of aromatic nitrogens is 1. The molecule has 1 aliphatic heterocycles. The second-order valence-electron chi connectivity index (χ2n) is 5.67. The van der Waals surface area contributed by atoms with Crippen LogP contribution in [-0.2, 0) is 0 Å². The van der Waals surface area contributed by atoms with Gasteiger partial charge in [-0.25, -0.2) is 0 Å². The first-order valence-corrected chi connectivity index (χ1v) is 7.23. The molecule has 0 bridgehead atoms. The predicted molar refractivity (Wildman–Crippen MR) is 80.9 cm³/mol. The van der Waals surface area contributed by atoms with Crippen LogP contribution in [0.4, 0.5) is 5.69 Å². The number of hydrogen-bond donors (Lipinski definition) is 2. The lowest BCUT2D eigenvalue weighted by atomic mass is 9.92. The lowest BCUT2D eigenvalue weighted by Crippen LogP contribution is -2.38. The molecule has 1 saturated heterocycles. The monoisotopic (exact) mass is 276 g/mol. The summed E-state index contributed by atoms with van der Waals surface area (Å²) in [5.41, 5.74) is 1.44. The predicted octanol–water partition coefficient (Wildman–Crippen LogP) is 1.58. The highest BCUT2D eigenvalue weighted by Crippen LogP contribution is 2.19. The molecule has 1 aromatic rings. The van der Waals surface area contributed by atoms with Gasteiger partial charge < -0.3 is 15.5 Å². The molecule has 0 spiro atoms. The van der Waals surface area contributed by atoms with E-state index in [0.29, 0.717) is 17.7 Å². The van der Waals surface area contributed by atoms with Crippen LogP contribution in [0, 0.1) is 5.92 Å². The van der Waals surface area contributed by atoms with Crippen LogP contribution in [0.3, 0.4) is 0 Å². The van der Waals surface area contributed by atoms with Crippen molar-refractivity contribution in [2.45, 2.75) is 25.8 Å². The van der Waals surface area contributed by atoms with Crippen molar-refractivity contribution < 1.29 is 4.79 Å². The third-order valence-electron chi connectivity index (χ3n) is 3.82. The molecule has 5 heteroatoms. The van der Waals surface area contributed by atoms with Crippen LogP contribution in [-0.4, -0.2) is 49.0 Å². The molecule has 1 amide bonds. The third-order valence-corrected chi connectivity index (χ3v) is 3.82. The molecule has 0 saturated carbocycles. The third kappa shape index (κ3) is 3.70. The van der Waals surface area contributed by atoms with E-state index in [1.165, 1.54) is 12.8 Å². The number of nitrogens with zero attached hydrogens (tertiary/aromatic N) is 2. The molecule has 5 nitrogen and oxygen atoms in total. The highest BCUT2D eigenvalue weighted by molar-refractivity contribution is 5.92. The van der Waals surface area contributed by atoms with Gasteiger partial charge in [0.05, 0.1) is 0 Å². The number of carbonyl (C=O) groups excluding carboxylic acids is 1. The van der Waals surface area contributed by atoms with Crippen LogP contribution in [0.25, 0.3) is 0 Å². The SMILES string of the molecule is CC(Nc1ccnc(C(=O)N(C)C)c1)C1CCCNC1. The maximum Gasteiger partial charge on any atom is 0.272 e. The quantitative estimate of drug-likeness (QED) is 0.877. The van der Waals surface area contributed by atoms with Crippen LogP contribution in [0.1, 0.15) is 30.3 Å². The number of hydrogen-bond acceptors (Lipinski definition) is 4. The number of amides is 1. The zero-order valence-corrected chi connectivity index (χ0v) is 12.5. The molecule has 0 radical (unpaired) electrons. The number of carbonyl (C=O) groups is 1. The van der Waals surface area contributed by atoms with Gasteiger partial charge in [0.15, 0.2) is 0 Å². The Labute approximate surface area is 120 Å². The first-order chi connectivity index (χ1) is 9.58. The topological polar surface area (TPSA) is 57.3 Å². The van der Waals surface area contributed by atoms with Crippen molar-refractivity contribution in [3.8, 4) is 0 Å². The molecule has 1 aromatic heterocycles. The average molecular weight is 276 g/mol. The fourth-order valence-corrected chi connectivity index (χ4v) is 2.55. The van der Waals surface area contributed by atoms with Crippen molar-refractivity contribution in [3.05, 3.63) is 24.0 Å². The minimum atomic E-state index is -0.0689. The van der Waals surface area contributed by atoms with E-state index in [1.54, 1.807) is 25.2 Å². The molecular weight excluding hydrogens is 252 g/mol. The number of piperidine rings is 1. The Kier molecular flexibility index (Phi) is 4.95. The van der Waals surface area contributed by atoms with E-state index in [-0.39, 0.29) is 5.91 Å². The van der Waals surface area contributed by atoms with Gasteiger partial charge in [-0.15, -0.1) is 0 Å². The minimum absolute atomic E-state index is 0.0689. The first-order valence-electron chi connectivity index (χ1n) is 7.23. The van der Waals surface area contributed by atoms with Crippen molar-refractivity contribution in [1.82, 2.24) is 15.2 Å². The van der Waals surface area contributed by atoms with Crippen molar-refractivity contribution >= 4 is 11.6 Å². The molecule has 20 heavy (non-hydrogen) atoms. The highest BCUT2D eigenvalue weighted by atomic mass is 16.2. The molecule has 1 fully saturated rings. The lowest BCUT2D eigenvalue weighted by molar-refractivity contribution is 0.0822. The molecule has 1 aliphatic rings. The molecule has 2 atom stereocenters. The number of pyridine rings is 1. The summed E-state index contributed by atoms with van der Waals surface area (Å²) in [5.74, 6) is 0.561. The van der Waals surface area contributed by atoms with Crippen molar-refractivity contribution in [2.24, 2.45) is 5.92 Å². The smallest absolute Gasteiger partial charge is 0.272 e. The van der Waals surface area contributed by atoms with Gasteiger partial charge in [0.1, 0.15) is 5.69 Å².